The van der Waals surface area contributed by atoms with Crippen LogP contribution in [0.3, 0.4) is 0 Å². The van der Waals surface area contributed by atoms with Gasteiger partial charge in [-0.25, -0.2) is 0 Å². The zero-order valence-corrected chi connectivity index (χ0v) is 12.3. The van der Waals surface area contributed by atoms with Crippen molar-refractivity contribution in [2.75, 3.05) is 27.2 Å². The fourth-order valence-corrected chi connectivity index (χ4v) is 2.57. The molecule has 0 saturated carbocycles. The van der Waals surface area contributed by atoms with Gasteiger partial charge in [0.25, 0.3) is 0 Å². The van der Waals surface area contributed by atoms with Crippen LogP contribution in [0.5, 0.6) is 0 Å². The lowest BCUT2D eigenvalue weighted by Crippen LogP contribution is -2.51. The summed E-state index contributed by atoms with van der Waals surface area (Å²) in [4.78, 5) is 14.3. The first-order chi connectivity index (χ1) is 8.49. The third kappa shape index (κ3) is 5.83. The minimum atomic E-state index is 0.0237. The summed E-state index contributed by atoms with van der Waals surface area (Å²) in [6.07, 6.45) is 4.36. The zero-order valence-electron chi connectivity index (χ0n) is 12.3. The molecule has 1 fully saturated rings. The van der Waals surface area contributed by atoms with Gasteiger partial charge in [0.15, 0.2) is 0 Å². The van der Waals surface area contributed by atoms with Crippen molar-refractivity contribution in [3.05, 3.63) is 0 Å². The molecule has 1 amide bonds. The molecular weight excluding hydrogens is 226 g/mol. The molecule has 18 heavy (non-hydrogen) atoms. The topological polar surface area (TPSA) is 44.4 Å². The molecule has 106 valence electrons. The summed E-state index contributed by atoms with van der Waals surface area (Å²) < 4.78 is 0. The van der Waals surface area contributed by atoms with Gasteiger partial charge in [0.1, 0.15) is 0 Å². The lowest BCUT2D eigenvalue weighted by molar-refractivity contribution is -0.124. The first kappa shape index (κ1) is 15.4. The molecule has 1 saturated heterocycles. The van der Waals surface area contributed by atoms with E-state index in [2.05, 4.69) is 43.5 Å². The third-order valence-corrected chi connectivity index (χ3v) is 3.31. The van der Waals surface area contributed by atoms with Crippen LogP contribution in [0.15, 0.2) is 0 Å². The summed E-state index contributed by atoms with van der Waals surface area (Å²) in [6.45, 7) is 6.29. The van der Waals surface area contributed by atoms with Crippen molar-refractivity contribution in [1.29, 1.82) is 0 Å². The molecule has 0 spiro atoms. The molecule has 4 nitrogen and oxygen atoms in total. The van der Waals surface area contributed by atoms with Crippen LogP contribution in [0.2, 0.25) is 0 Å². The predicted octanol–water partition coefficient (Wildman–Crippen LogP) is 1.22. The van der Waals surface area contributed by atoms with Crippen LogP contribution in [0, 0.1) is 5.92 Å². The average Bonchev–Trinajstić information content (AvgIpc) is 2.28. The number of rotatable bonds is 6. The van der Waals surface area contributed by atoms with Crippen LogP contribution in [-0.4, -0.2) is 50.1 Å². The van der Waals surface area contributed by atoms with Gasteiger partial charge >= 0.3 is 0 Å². The number of hydrogen-bond acceptors (Lipinski definition) is 3. The van der Waals surface area contributed by atoms with Crippen molar-refractivity contribution in [1.82, 2.24) is 15.5 Å². The number of piperidine rings is 1. The fraction of sp³-hybridized carbons (Fsp3) is 0.929. The second-order valence-electron chi connectivity index (χ2n) is 6.10. The van der Waals surface area contributed by atoms with E-state index in [1.807, 2.05) is 0 Å². The molecule has 1 aliphatic heterocycles. The van der Waals surface area contributed by atoms with Crippen molar-refractivity contribution in [3.63, 3.8) is 0 Å². The molecule has 4 heteroatoms. The highest BCUT2D eigenvalue weighted by molar-refractivity contribution is 5.82. The Kier molecular flexibility index (Phi) is 6.65. The minimum Gasteiger partial charge on any atom is -0.351 e. The second kappa shape index (κ2) is 7.74. The molecule has 2 N–H and O–H groups in total. The normalized spacial score (nSPS) is 22.2. The number of likely N-dealkylation sites (N-methyl/N-ethyl adjacent to an activating group) is 1. The van der Waals surface area contributed by atoms with E-state index in [9.17, 15) is 4.79 Å². The Labute approximate surface area is 111 Å². The largest absolute Gasteiger partial charge is 0.351 e. The minimum absolute atomic E-state index is 0.0237. The van der Waals surface area contributed by atoms with Crippen molar-refractivity contribution in [2.45, 2.75) is 51.6 Å². The number of hydrogen-bond donors (Lipinski definition) is 2. The van der Waals surface area contributed by atoms with Crippen molar-refractivity contribution in [3.8, 4) is 0 Å². The SMILES string of the molecule is CC(C)CC(CN(C)C)NC(=O)[C@@H]1CCCCN1. The second-order valence-corrected chi connectivity index (χ2v) is 6.10. The van der Waals surface area contributed by atoms with Crippen molar-refractivity contribution >= 4 is 5.91 Å². The predicted molar refractivity (Wildman–Crippen MR) is 75.6 cm³/mol. The molecule has 1 rings (SSSR count). The highest BCUT2D eigenvalue weighted by atomic mass is 16.2. The number of amides is 1. The smallest absolute Gasteiger partial charge is 0.237 e. The van der Waals surface area contributed by atoms with Gasteiger partial charge in [0.2, 0.25) is 5.91 Å². The van der Waals surface area contributed by atoms with Gasteiger partial charge in [-0.3, -0.25) is 4.79 Å². The summed E-state index contributed by atoms with van der Waals surface area (Å²) in [5.74, 6) is 0.789. The van der Waals surface area contributed by atoms with Gasteiger partial charge in [0.05, 0.1) is 6.04 Å². The first-order valence-electron chi connectivity index (χ1n) is 7.17. The summed E-state index contributed by atoms with van der Waals surface area (Å²) >= 11 is 0. The van der Waals surface area contributed by atoms with Crippen LogP contribution in [-0.2, 0) is 4.79 Å². The standard InChI is InChI=1S/C14H29N3O/c1-11(2)9-12(10-17(3)4)16-14(18)13-7-5-6-8-15-13/h11-13,15H,5-10H2,1-4H3,(H,16,18)/t12?,13-/m0/s1. The molecule has 0 radical (unpaired) electrons. The maximum Gasteiger partial charge on any atom is 0.237 e. The van der Waals surface area contributed by atoms with Gasteiger partial charge in [0, 0.05) is 12.6 Å². The molecule has 0 bridgehead atoms. The van der Waals surface area contributed by atoms with Gasteiger partial charge in [-0.1, -0.05) is 20.3 Å². The van der Waals surface area contributed by atoms with Gasteiger partial charge in [-0.05, 0) is 45.8 Å². The fourth-order valence-electron chi connectivity index (χ4n) is 2.57. The van der Waals surface area contributed by atoms with Crippen LogP contribution in [0.25, 0.3) is 0 Å². The highest BCUT2D eigenvalue weighted by Crippen LogP contribution is 2.09. The van der Waals surface area contributed by atoms with Crippen molar-refractivity contribution in [2.24, 2.45) is 5.92 Å². The molecule has 0 aromatic rings. The van der Waals surface area contributed by atoms with Crippen LogP contribution in [0.1, 0.15) is 39.5 Å². The number of carbonyl (C=O) groups excluding carboxylic acids is 1. The van der Waals surface area contributed by atoms with Crippen LogP contribution < -0.4 is 10.6 Å². The lowest BCUT2D eigenvalue weighted by atomic mass is 10.0. The van der Waals surface area contributed by atoms with Gasteiger partial charge in [-0.15, -0.1) is 0 Å². The zero-order chi connectivity index (χ0) is 13.5. The van der Waals surface area contributed by atoms with E-state index in [0.717, 1.165) is 32.4 Å². The van der Waals surface area contributed by atoms with Crippen LogP contribution >= 0.6 is 0 Å². The average molecular weight is 255 g/mol. The monoisotopic (exact) mass is 255 g/mol. The molecule has 2 atom stereocenters. The first-order valence-corrected chi connectivity index (χ1v) is 7.17. The van der Waals surface area contributed by atoms with Crippen molar-refractivity contribution < 1.29 is 4.79 Å². The van der Waals surface area contributed by atoms with E-state index < -0.39 is 0 Å². The Morgan fingerprint density at radius 2 is 2.11 bits per heavy atom. The van der Waals surface area contributed by atoms with E-state index in [1.165, 1.54) is 6.42 Å². The lowest BCUT2D eigenvalue weighted by Gasteiger charge is -2.28. The molecule has 0 aliphatic carbocycles. The summed E-state index contributed by atoms with van der Waals surface area (Å²) in [7, 11) is 4.11. The van der Waals surface area contributed by atoms with E-state index in [0.29, 0.717) is 5.92 Å². The number of nitrogens with one attached hydrogen (secondary N) is 2. The summed E-state index contributed by atoms with van der Waals surface area (Å²) in [5.41, 5.74) is 0. The van der Waals surface area contributed by atoms with Crippen LogP contribution in [0.4, 0.5) is 0 Å². The maximum absolute atomic E-state index is 12.2. The molecular formula is C14H29N3O. The molecule has 0 aromatic heterocycles. The Morgan fingerprint density at radius 3 is 2.61 bits per heavy atom. The molecule has 0 aromatic carbocycles. The number of nitrogens with zero attached hydrogens (tertiary/aromatic N) is 1. The number of carbonyl (C=O) groups is 1. The molecule has 1 aliphatic rings. The Bertz CT molecular complexity index is 237. The van der Waals surface area contributed by atoms with E-state index >= 15 is 0 Å². The summed E-state index contributed by atoms with van der Waals surface area (Å²) in [6, 6.07) is 0.284. The Morgan fingerprint density at radius 1 is 1.39 bits per heavy atom. The Hall–Kier alpha value is -0.610. The quantitative estimate of drug-likeness (QED) is 0.750. The van der Waals surface area contributed by atoms with Gasteiger partial charge in [-0.2, -0.15) is 0 Å². The Balaban J connectivity index is 2.44. The maximum atomic E-state index is 12.2. The third-order valence-electron chi connectivity index (χ3n) is 3.31. The van der Waals surface area contributed by atoms with Gasteiger partial charge < -0.3 is 15.5 Å². The summed E-state index contributed by atoms with van der Waals surface area (Å²) in [5, 5.41) is 6.51. The van der Waals surface area contributed by atoms with E-state index in [4.69, 9.17) is 0 Å². The molecule has 1 heterocycles. The van der Waals surface area contributed by atoms with E-state index in [-0.39, 0.29) is 18.0 Å². The van der Waals surface area contributed by atoms with E-state index in [1.54, 1.807) is 0 Å². The highest BCUT2D eigenvalue weighted by Gasteiger charge is 2.23. The molecule has 1 unspecified atom stereocenters.